The maximum absolute atomic E-state index is 13.4. The van der Waals surface area contributed by atoms with E-state index in [1.807, 2.05) is 78.9 Å². The molecule has 0 aliphatic rings. The summed E-state index contributed by atoms with van der Waals surface area (Å²) < 4.78 is 12.0. The number of rotatable bonds is 6. The molecule has 4 aromatic rings. The van der Waals surface area contributed by atoms with Crippen molar-refractivity contribution in [3.05, 3.63) is 93.6 Å². The largest absolute Gasteiger partial charge is 0.462 e. The number of hydrogen-bond acceptors (Lipinski definition) is 4. The molecule has 5 heteroatoms. The lowest BCUT2D eigenvalue weighted by molar-refractivity contribution is 0.0480. The minimum absolute atomic E-state index is 0.195. The van der Waals surface area contributed by atoms with Gasteiger partial charge in [0.1, 0.15) is 0 Å². The normalized spacial score (nSPS) is 10.8. The average molecular weight is 550 g/mol. The van der Waals surface area contributed by atoms with Gasteiger partial charge < -0.3 is 9.47 Å². The van der Waals surface area contributed by atoms with Gasteiger partial charge >= 0.3 is 11.9 Å². The Morgan fingerprint density at radius 3 is 1.52 bits per heavy atom. The number of halogens is 1. The van der Waals surface area contributed by atoms with E-state index in [4.69, 9.17) is 9.47 Å². The highest BCUT2D eigenvalue weighted by atomic mass is 127. The summed E-state index contributed by atoms with van der Waals surface area (Å²) in [7, 11) is 0. The van der Waals surface area contributed by atoms with E-state index in [9.17, 15) is 9.59 Å². The van der Waals surface area contributed by atoms with Crippen molar-refractivity contribution in [3.8, 4) is 22.3 Å². The van der Waals surface area contributed by atoms with E-state index in [0.29, 0.717) is 11.1 Å². The summed E-state index contributed by atoms with van der Waals surface area (Å²) >= 11 is 2.24. The minimum Gasteiger partial charge on any atom is -0.462 e. The molecule has 0 aromatic heterocycles. The zero-order valence-corrected chi connectivity index (χ0v) is 20.6. The molecule has 4 aromatic carbocycles. The number of esters is 2. The highest BCUT2D eigenvalue weighted by Crippen LogP contribution is 2.42. The Morgan fingerprint density at radius 2 is 1.06 bits per heavy atom. The van der Waals surface area contributed by atoms with E-state index in [1.54, 1.807) is 13.8 Å². The van der Waals surface area contributed by atoms with Crippen molar-refractivity contribution in [2.75, 3.05) is 13.2 Å². The smallest absolute Gasteiger partial charge is 0.339 e. The van der Waals surface area contributed by atoms with Gasteiger partial charge in [0.05, 0.1) is 24.3 Å². The number of fused-ring (bicyclic) bond motifs is 1. The minimum atomic E-state index is -0.545. The van der Waals surface area contributed by atoms with E-state index >= 15 is 0 Å². The maximum atomic E-state index is 13.4. The van der Waals surface area contributed by atoms with Crippen molar-refractivity contribution in [1.82, 2.24) is 0 Å². The van der Waals surface area contributed by atoms with Crippen LogP contribution in [0.15, 0.2) is 78.9 Å². The van der Waals surface area contributed by atoms with E-state index in [0.717, 1.165) is 25.5 Å². The van der Waals surface area contributed by atoms with Crippen LogP contribution in [0.3, 0.4) is 0 Å². The van der Waals surface area contributed by atoms with Crippen LogP contribution < -0.4 is 0 Å². The molecule has 0 atom stereocenters. The van der Waals surface area contributed by atoms with Crippen LogP contribution >= 0.6 is 22.6 Å². The van der Waals surface area contributed by atoms with E-state index < -0.39 is 11.9 Å². The first-order valence-electron chi connectivity index (χ1n) is 10.8. The molecule has 0 heterocycles. The van der Waals surface area contributed by atoms with Gasteiger partial charge in [-0.25, -0.2) is 9.59 Å². The summed E-state index contributed by atoms with van der Waals surface area (Å²) in [5.74, 6) is -1.09. The molecule has 0 bridgehead atoms. The Bertz CT molecular complexity index is 1310. The lowest BCUT2D eigenvalue weighted by Crippen LogP contribution is -2.17. The maximum Gasteiger partial charge on any atom is 0.339 e. The fourth-order valence-corrected chi connectivity index (χ4v) is 4.43. The standard InChI is InChI=1S/C28H23IO4/c1-3-32-27(30)25-23(18-10-6-5-7-11-18)21-12-8-9-13-22(21)24(26(25)28(31)33-4-2)19-14-16-20(29)17-15-19/h5-17H,3-4H2,1-2H3. The van der Waals surface area contributed by atoms with Crippen LogP contribution in [0, 0.1) is 3.57 Å². The molecule has 0 aliphatic heterocycles. The van der Waals surface area contributed by atoms with Crippen molar-refractivity contribution in [1.29, 1.82) is 0 Å². The number of hydrogen-bond donors (Lipinski definition) is 0. The SMILES string of the molecule is CCOC(=O)c1c(C(=O)OCC)c(-c2ccc(I)cc2)c2ccccc2c1-c1ccccc1. The first-order chi connectivity index (χ1) is 16.1. The molecule has 0 N–H and O–H groups in total. The Labute approximate surface area is 206 Å². The summed E-state index contributed by atoms with van der Waals surface area (Å²) in [5.41, 5.74) is 3.46. The van der Waals surface area contributed by atoms with Crippen LogP contribution in [0.2, 0.25) is 0 Å². The Hall–Kier alpha value is -3.19. The van der Waals surface area contributed by atoms with Crippen LogP contribution in [0.1, 0.15) is 34.6 Å². The van der Waals surface area contributed by atoms with Gasteiger partial charge in [0, 0.05) is 14.7 Å². The third-order valence-corrected chi connectivity index (χ3v) is 6.09. The fourth-order valence-electron chi connectivity index (χ4n) is 4.07. The molecule has 0 unspecified atom stereocenters. The van der Waals surface area contributed by atoms with Gasteiger partial charge in [-0.1, -0.05) is 66.7 Å². The van der Waals surface area contributed by atoms with Crippen LogP contribution in [0.4, 0.5) is 0 Å². The van der Waals surface area contributed by atoms with E-state index in [1.165, 1.54) is 0 Å². The third kappa shape index (κ3) is 4.50. The Morgan fingerprint density at radius 1 is 0.636 bits per heavy atom. The van der Waals surface area contributed by atoms with E-state index in [2.05, 4.69) is 22.6 Å². The second-order valence-corrected chi connectivity index (χ2v) is 8.61. The van der Waals surface area contributed by atoms with Crippen LogP contribution in [0.25, 0.3) is 33.0 Å². The molecule has 0 saturated carbocycles. The second kappa shape index (κ2) is 10.2. The molecule has 4 rings (SSSR count). The highest BCUT2D eigenvalue weighted by Gasteiger charge is 2.31. The zero-order chi connectivity index (χ0) is 23.4. The van der Waals surface area contributed by atoms with Gasteiger partial charge in [-0.3, -0.25) is 0 Å². The van der Waals surface area contributed by atoms with Gasteiger partial charge in [0.2, 0.25) is 0 Å². The van der Waals surface area contributed by atoms with Crippen molar-refractivity contribution < 1.29 is 19.1 Å². The molecular formula is C28H23IO4. The summed E-state index contributed by atoms with van der Waals surface area (Å²) in [6, 6.07) is 25.3. The molecular weight excluding hydrogens is 527 g/mol. The Kier molecular flexibility index (Phi) is 7.08. The van der Waals surface area contributed by atoms with Crippen molar-refractivity contribution in [2.45, 2.75) is 13.8 Å². The first kappa shape index (κ1) is 23.0. The predicted octanol–water partition coefficient (Wildman–Crippen LogP) is 7.13. The number of ether oxygens (including phenoxy) is 2. The predicted molar refractivity (Wildman–Crippen MR) is 139 cm³/mol. The van der Waals surface area contributed by atoms with Gasteiger partial charge in [0.15, 0.2) is 0 Å². The molecule has 0 saturated heterocycles. The van der Waals surface area contributed by atoms with Gasteiger partial charge in [-0.05, 0) is 70.5 Å². The molecule has 0 aliphatic carbocycles. The van der Waals surface area contributed by atoms with Crippen LogP contribution in [0.5, 0.6) is 0 Å². The average Bonchev–Trinajstić information content (AvgIpc) is 2.84. The number of carbonyl (C=O) groups is 2. The lowest BCUT2D eigenvalue weighted by Gasteiger charge is -2.21. The van der Waals surface area contributed by atoms with Crippen LogP contribution in [-0.2, 0) is 9.47 Å². The van der Waals surface area contributed by atoms with Crippen molar-refractivity contribution in [2.24, 2.45) is 0 Å². The third-order valence-electron chi connectivity index (χ3n) is 5.37. The number of benzene rings is 4. The van der Waals surface area contributed by atoms with Crippen LogP contribution in [-0.4, -0.2) is 25.2 Å². The molecule has 166 valence electrons. The fraction of sp³-hybridized carbons (Fsp3) is 0.143. The van der Waals surface area contributed by atoms with E-state index in [-0.39, 0.29) is 24.3 Å². The summed E-state index contributed by atoms with van der Waals surface area (Å²) in [6.07, 6.45) is 0. The summed E-state index contributed by atoms with van der Waals surface area (Å²) in [6.45, 7) is 3.90. The molecule has 0 amide bonds. The number of carbonyl (C=O) groups excluding carboxylic acids is 2. The van der Waals surface area contributed by atoms with Gasteiger partial charge in [-0.15, -0.1) is 0 Å². The highest BCUT2D eigenvalue weighted by molar-refractivity contribution is 14.1. The monoisotopic (exact) mass is 550 g/mol. The lowest BCUT2D eigenvalue weighted by atomic mass is 9.83. The van der Waals surface area contributed by atoms with Crippen molar-refractivity contribution in [3.63, 3.8) is 0 Å². The molecule has 33 heavy (non-hydrogen) atoms. The second-order valence-electron chi connectivity index (χ2n) is 7.36. The molecule has 0 fully saturated rings. The Balaban J connectivity index is 2.23. The van der Waals surface area contributed by atoms with Gasteiger partial charge in [0.25, 0.3) is 0 Å². The topological polar surface area (TPSA) is 52.6 Å². The molecule has 0 spiro atoms. The quantitative estimate of drug-likeness (QED) is 0.189. The summed E-state index contributed by atoms with van der Waals surface area (Å²) in [5, 5.41) is 1.74. The zero-order valence-electron chi connectivity index (χ0n) is 18.4. The first-order valence-corrected chi connectivity index (χ1v) is 11.9. The van der Waals surface area contributed by atoms with Gasteiger partial charge in [-0.2, -0.15) is 0 Å². The molecule has 4 nitrogen and oxygen atoms in total. The molecule has 0 radical (unpaired) electrons. The van der Waals surface area contributed by atoms with Crippen molar-refractivity contribution >= 4 is 45.3 Å². The summed E-state index contributed by atoms with van der Waals surface area (Å²) in [4.78, 5) is 26.8.